The molecule has 0 amide bonds. The molecule has 1 heterocycles. The molecule has 0 aromatic carbocycles. The molecular formula is C9H13N3S. The smallest absolute Gasteiger partial charge is 0.183 e. The lowest BCUT2D eigenvalue weighted by molar-refractivity contribution is 0.443. The average Bonchev–Trinajstić information content (AvgIpc) is 2.47. The molecular weight excluding hydrogens is 182 g/mol. The number of thiazole rings is 1. The standard InChI is InChI=1S/C9H13N3S/c1-9(2,3)6-12-8-11-5-7(4-10)13-8/h5H,6H2,1-3H3,(H,11,12). The SMILES string of the molecule is CC(C)(C)CNc1ncc(C#N)s1. The summed E-state index contributed by atoms with van der Waals surface area (Å²) in [5, 5.41) is 12.6. The molecule has 0 saturated carbocycles. The molecule has 0 radical (unpaired) electrons. The van der Waals surface area contributed by atoms with Crippen LogP contribution in [0.25, 0.3) is 0 Å². The van der Waals surface area contributed by atoms with E-state index in [1.165, 1.54) is 11.3 Å². The largest absolute Gasteiger partial charge is 0.361 e. The van der Waals surface area contributed by atoms with E-state index in [0.717, 1.165) is 11.7 Å². The zero-order valence-corrected chi connectivity index (χ0v) is 8.90. The van der Waals surface area contributed by atoms with E-state index in [-0.39, 0.29) is 5.41 Å². The molecule has 1 aromatic rings. The number of anilines is 1. The Morgan fingerprint density at radius 2 is 2.31 bits per heavy atom. The Balaban J connectivity index is 2.52. The molecule has 0 spiro atoms. The van der Waals surface area contributed by atoms with Gasteiger partial charge in [0.1, 0.15) is 10.9 Å². The number of rotatable bonds is 2. The van der Waals surface area contributed by atoms with Gasteiger partial charge in [-0.1, -0.05) is 32.1 Å². The first-order chi connectivity index (χ1) is 6.01. The molecule has 0 saturated heterocycles. The molecule has 0 bridgehead atoms. The van der Waals surface area contributed by atoms with E-state index in [0.29, 0.717) is 4.88 Å². The highest BCUT2D eigenvalue weighted by Gasteiger charge is 2.10. The van der Waals surface area contributed by atoms with Gasteiger partial charge in [-0.2, -0.15) is 5.26 Å². The zero-order valence-electron chi connectivity index (χ0n) is 8.09. The first-order valence-electron chi connectivity index (χ1n) is 4.11. The van der Waals surface area contributed by atoms with Gasteiger partial charge < -0.3 is 5.32 Å². The Kier molecular flexibility index (Phi) is 2.89. The maximum Gasteiger partial charge on any atom is 0.183 e. The third kappa shape index (κ3) is 3.43. The van der Waals surface area contributed by atoms with Gasteiger partial charge in [-0.05, 0) is 5.41 Å². The van der Waals surface area contributed by atoms with Gasteiger partial charge in [0.25, 0.3) is 0 Å². The van der Waals surface area contributed by atoms with Crippen molar-refractivity contribution in [3.05, 3.63) is 11.1 Å². The van der Waals surface area contributed by atoms with Crippen LogP contribution < -0.4 is 5.32 Å². The van der Waals surface area contributed by atoms with Crippen LogP contribution in [0.4, 0.5) is 5.13 Å². The van der Waals surface area contributed by atoms with Crippen LogP contribution >= 0.6 is 11.3 Å². The van der Waals surface area contributed by atoms with Gasteiger partial charge >= 0.3 is 0 Å². The third-order valence-electron chi connectivity index (χ3n) is 1.39. The van der Waals surface area contributed by atoms with Crippen molar-refractivity contribution >= 4 is 16.5 Å². The lowest BCUT2D eigenvalue weighted by Gasteiger charge is -2.17. The summed E-state index contributed by atoms with van der Waals surface area (Å²) in [6, 6.07) is 2.06. The molecule has 0 unspecified atom stereocenters. The van der Waals surface area contributed by atoms with Crippen LogP contribution in [-0.2, 0) is 0 Å². The van der Waals surface area contributed by atoms with Gasteiger partial charge in [0.15, 0.2) is 5.13 Å². The lowest BCUT2D eigenvalue weighted by atomic mass is 9.97. The van der Waals surface area contributed by atoms with Crippen LogP contribution in [0.5, 0.6) is 0 Å². The fourth-order valence-corrected chi connectivity index (χ4v) is 1.36. The highest BCUT2D eigenvalue weighted by Crippen LogP contribution is 2.19. The normalized spacial score (nSPS) is 10.9. The number of hydrogen-bond acceptors (Lipinski definition) is 4. The van der Waals surface area contributed by atoms with Crippen LogP contribution in [0.15, 0.2) is 6.20 Å². The fraction of sp³-hybridized carbons (Fsp3) is 0.556. The number of nitrogens with zero attached hydrogens (tertiary/aromatic N) is 2. The molecule has 1 rings (SSSR count). The topological polar surface area (TPSA) is 48.7 Å². The minimum atomic E-state index is 0.235. The molecule has 0 aliphatic carbocycles. The fourth-order valence-electron chi connectivity index (χ4n) is 0.748. The zero-order chi connectivity index (χ0) is 9.90. The first-order valence-corrected chi connectivity index (χ1v) is 4.93. The number of nitriles is 1. The van der Waals surface area contributed by atoms with Crippen LogP contribution in [-0.4, -0.2) is 11.5 Å². The summed E-state index contributed by atoms with van der Waals surface area (Å²) in [6.45, 7) is 7.32. The Morgan fingerprint density at radius 3 is 2.77 bits per heavy atom. The predicted molar refractivity (Wildman–Crippen MR) is 54.8 cm³/mol. The summed E-state index contributed by atoms with van der Waals surface area (Å²) in [5.74, 6) is 0. The summed E-state index contributed by atoms with van der Waals surface area (Å²) in [4.78, 5) is 4.72. The van der Waals surface area contributed by atoms with Crippen molar-refractivity contribution in [2.45, 2.75) is 20.8 Å². The molecule has 0 aliphatic heterocycles. The predicted octanol–water partition coefficient (Wildman–Crippen LogP) is 2.47. The second-order valence-corrected chi connectivity index (χ2v) is 5.09. The first kappa shape index (κ1) is 10.0. The van der Waals surface area contributed by atoms with Gasteiger partial charge in [-0.3, -0.25) is 0 Å². The Bertz CT molecular complexity index is 316. The van der Waals surface area contributed by atoms with E-state index in [4.69, 9.17) is 5.26 Å². The molecule has 1 N–H and O–H groups in total. The summed E-state index contributed by atoms with van der Waals surface area (Å²) < 4.78 is 0. The Hall–Kier alpha value is -1.08. The highest BCUT2D eigenvalue weighted by molar-refractivity contribution is 7.16. The van der Waals surface area contributed by atoms with Crippen molar-refractivity contribution in [1.82, 2.24) is 4.98 Å². The second-order valence-electron chi connectivity index (χ2n) is 4.06. The van der Waals surface area contributed by atoms with Crippen molar-refractivity contribution < 1.29 is 0 Å². The molecule has 3 nitrogen and oxygen atoms in total. The quantitative estimate of drug-likeness (QED) is 0.788. The number of aromatic nitrogens is 1. The van der Waals surface area contributed by atoms with E-state index < -0.39 is 0 Å². The summed E-state index contributed by atoms with van der Waals surface area (Å²) in [6.07, 6.45) is 1.59. The number of hydrogen-bond donors (Lipinski definition) is 1. The maximum atomic E-state index is 8.57. The van der Waals surface area contributed by atoms with Crippen LogP contribution in [0.2, 0.25) is 0 Å². The van der Waals surface area contributed by atoms with E-state index in [2.05, 4.69) is 37.1 Å². The monoisotopic (exact) mass is 195 g/mol. The van der Waals surface area contributed by atoms with Gasteiger partial charge in [-0.25, -0.2) is 4.98 Å². The van der Waals surface area contributed by atoms with E-state index in [1.807, 2.05) is 0 Å². The van der Waals surface area contributed by atoms with E-state index in [1.54, 1.807) is 6.20 Å². The van der Waals surface area contributed by atoms with Crippen LogP contribution in [0.1, 0.15) is 25.6 Å². The van der Waals surface area contributed by atoms with Gasteiger partial charge in [-0.15, -0.1) is 0 Å². The minimum absolute atomic E-state index is 0.235. The van der Waals surface area contributed by atoms with Gasteiger partial charge in [0.05, 0.1) is 6.20 Å². The van der Waals surface area contributed by atoms with Crippen molar-refractivity contribution in [3.63, 3.8) is 0 Å². The third-order valence-corrected chi connectivity index (χ3v) is 2.25. The Morgan fingerprint density at radius 1 is 1.62 bits per heavy atom. The molecule has 70 valence electrons. The van der Waals surface area contributed by atoms with Crippen LogP contribution in [0.3, 0.4) is 0 Å². The van der Waals surface area contributed by atoms with Crippen molar-refractivity contribution in [1.29, 1.82) is 5.26 Å². The highest BCUT2D eigenvalue weighted by atomic mass is 32.1. The molecule has 13 heavy (non-hydrogen) atoms. The summed E-state index contributed by atoms with van der Waals surface area (Å²) in [7, 11) is 0. The average molecular weight is 195 g/mol. The van der Waals surface area contributed by atoms with Gasteiger partial charge in [0, 0.05) is 6.54 Å². The van der Waals surface area contributed by atoms with Crippen molar-refractivity contribution in [2.24, 2.45) is 5.41 Å². The maximum absolute atomic E-state index is 8.57. The van der Waals surface area contributed by atoms with Crippen LogP contribution in [0, 0.1) is 16.7 Å². The Labute approximate surface area is 82.4 Å². The summed E-state index contributed by atoms with van der Waals surface area (Å²) in [5.41, 5.74) is 0.235. The number of nitrogens with one attached hydrogen (secondary N) is 1. The molecule has 4 heteroatoms. The molecule has 0 atom stereocenters. The van der Waals surface area contributed by atoms with Gasteiger partial charge in [0.2, 0.25) is 0 Å². The lowest BCUT2D eigenvalue weighted by Crippen LogP contribution is -2.18. The van der Waals surface area contributed by atoms with E-state index in [9.17, 15) is 0 Å². The van der Waals surface area contributed by atoms with E-state index >= 15 is 0 Å². The summed E-state index contributed by atoms with van der Waals surface area (Å²) >= 11 is 1.39. The minimum Gasteiger partial charge on any atom is -0.361 e. The van der Waals surface area contributed by atoms with Crippen molar-refractivity contribution in [2.75, 3.05) is 11.9 Å². The molecule has 1 aromatic heterocycles. The second kappa shape index (κ2) is 3.75. The molecule has 0 aliphatic rings. The molecule has 0 fully saturated rings. The van der Waals surface area contributed by atoms with Crippen molar-refractivity contribution in [3.8, 4) is 6.07 Å².